The number of amides is 1. The minimum atomic E-state index is -0.363. The Kier molecular flexibility index (Phi) is 6.55. The van der Waals surface area contributed by atoms with E-state index in [1.807, 2.05) is 0 Å². The van der Waals surface area contributed by atoms with Gasteiger partial charge in [0.1, 0.15) is 18.2 Å². The summed E-state index contributed by atoms with van der Waals surface area (Å²) in [5.41, 5.74) is 0.810. The molecule has 0 fully saturated rings. The van der Waals surface area contributed by atoms with E-state index in [2.05, 4.69) is 21.2 Å². The Morgan fingerprint density at radius 2 is 2.00 bits per heavy atom. The zero-order chi connectivity index (χ0) is 16.7. The molecule has 2 aromatic carbocycles. The first-order valence-electron chi connectivity index (χ1n) is 7.04. The minimum absolute atomic E-state index is 0.0938. The van der Waals surface area contributed by atoms with Crippen LogP contribution in [0.2, 0.25) is 0 Å². The molecule has 0 saturated carbocycles. The van der Waals surface area contributed by atoms with Gasteiger partial charge in [-0.25, -0.2) is 4.39 Å². The van der Waals surface area contributed by atoms with E-state index in [0.29, 0.717) is 30.1 Å². The highest BCUT2D eigenvalue weighted by molar-refractivity contribution is 9.10. The Balaban J connectivity index is 2.04. The largest absolute Gasteiger partial charge is 0.490 e. The van der Waals surface area contributed by atoms with Crippen molar-refractivity contribution < 1.29 is 18.7 Å². The van der Waals surface area contributed by atoms with Crippen LogP contribution < -0.4 is 10.1 Å². The molecule has 0 atom stereocenters. The van der Waals surface area contributed by atoms with E-state index in [9.17, 15) is 9.18 Å². The molecular weight excluding hydrogens is 365 g/mol. The second-order valence-electron chi connectivity index (χ2n) is 4.76. The van der Waals surface area contributed by atoms with E-state index in [-0.39, 0.29) is 18.3 Å². The van der Waals surface area contributed by atoms with Crippen molar-refractivity contribution >= 4 is 21.8 Å². The molecule has 0 unspecified atom stereocenters. The van der Waals surface area contributed by atoms with Crippen LogP contribution in [0.15, 0.2) is 46.9 Å². The molecule has 0 aliphatic carbocycles. The molecule has 0 spiro atoms. The van der Waals surface area contributed by atoms with Crippen LogP contribution in [0, 0.1) is 5.82 Å². The number of rotatable bonds is 7. The smallest absolute Gasteiger partial charge is 0.255 e. The normalized spacial score (nSPS) is 10.4. The quantitative estimate of drug-likeness (QED) is 0.746. The molecular formula is C17H17BrFNO3. The van der Waals surface area contributed by atoms with E-state index in [0.717, 1.165) is 4.47 Å². The average molecular weight is 382 g/mol. The number of hydrogen-bond acceptors (Lipinski definition) is 3. The highest BCUT2D eigenvalue weighted by atomic mass is 79.9. The molecule has 1 N–H and O–H groups in total. The number of para-hydroxylation sites is 1. The van der Waals surface area contributed by atoms with E-state index < -0.39 is 0 Å². The summed E-state index contributed by atoms with van der Waals surface area (Å²) in [7, 11) is 1.58. The lowest BCUT2D eigenvalue weighted by molar-refractivity contribution is 0.0943. The van der Waals surface area contributed by atoms with Gasteiger partial charge in [0.25, 0.3) is 5.91 Å². The van der Waals surface area contributed by atoms with Crippen LogP contribution in [0.1, 0.15) is 15.9 Å². The summed E-state index contributed by atoms with van der Waals surface area (Å²) < 4.78 is 24.9. The molecule has 6 heteroatoms. The zero-order valence-corrected chi connectivity index (χ0v) is 14.2. The van der Waals surface area contributed by atoms with Gasteiger partial charge >= 0.3 is 0 Å². The van der Waals surface area contributed by atoms with Gasteiger partial charge in [0.2, 0.25) is 0 Å². The fraction of sp³-hybridized carbons (Fsp3) is 0.235. The molecule has 0 aliphatic rings. The summed E-state index contributed by atoms with van der Waals surface area (Å²) in [6.07, 6.45) is 0. The first-order chi connectivity index (χ1) is 11.1. The highest BCUT2D eigenvalue weighted by Crippen LogP contribution is 2.19. The van der Waals surface area contributed by atoms with E-state index in [1.165, 1.54) is 6.07 Å². The van der Waals surface area contributed by atoms with Crippen molar-refractivity contribution in [3.05, 3.63) is 63.9 Å². The maximum atomic E-state index is 13.7. The summed E-state index contributed by atoms with van der Waals surface area (Å²) in [5, 5.41) is 2.70. The summed E-state index contributed by atoms with van der Waals surface area (Å²) >= 11 is 3.28. The van der Waals surface area contributed by atoms with Gasteiger partial charge in [-0.15, -0.1) is 0 Å². The second-order valence-corrected chi connectivity index (χ2v) is 5.67. The average Bonchev–Trinajstić information content (AvgIpc) is 2.56. The fourth-order valence-electron chi connectivity index (χ4n) is 1.96. The predicted octanol–water partition coefficient (Wildman–Crippen LogP) is 3.54. The molecule has 2 rings (SSSR count). The van der Waals surface area contributed by atoms with Gasteiger partial charge in [-0.2, -0.15) is 0 Å². The van der Waals surface area contributed by atoms with Gasteiger partial charge in [0.05, 0.1) is 12.2 Å². The zero-order valence-electron chi connectivity index (χ0n) is 12.6. The van der Waals surface area contributed by atoms with Crippen LogP contribution in [0.5, 0.6) is 5.75 Å². The molecule has 0 aliphatic heterocycles. The monoisotopic (exact) mass is 381 g/mol. The van der Waals surface area contributed by atoms with Crippen molar-refractivity contribution in [1.29, 1.82) is 0 Å². The van der Waals surface area contributed by atoms with Crippen molar-refractivity contribution in [1.82, 2.24) is 5.32 Å². The third-order valence-electron chi connectivity index (χ3n) is 3.12. The number of carbonyl (C=O) groups is 1. The molecule has 0 aromatic heterocycles. The molecule has 0 radical (unpaired) electrons. The maximum absolute atomic E-state index is 13.7. The van der Waals surface area contributed by atoms with Crippen molar-refractivity contribution in [2.24, 2.45) is 0 Å². The van der Waals surface area contributed by atoms with Gasteiger partial charge < -0.3 is 14.8 Å². The third-order valence-corrected chi connectivity index (χ3v) is 3.62. The van der Waals surface area contributed by atoms with Crippen LogP contribution >= 0.6 is 15.9 Å². The molecule has 0 saturated heterocycles. The lowest BCUT2D eigenvalue weighted by Gasteiger charge is -2.12. The summed E-state index contributed by atoms with van der Waals surface area (Å²) in [6.45, 7) is 0.872. The Hall–Kier alpha value is -1.92. The number of nitrogens with one attached hydrogen (secondary N) is 1. The maximum Gasteiger partial charge on any atom is 0.255 e. The second kappa shape index (κ2) is 8.64. The summed E-state index contributed by atoms with van der Waals surface area (Å²) in [4.78, 5) is 12.3. The van der Waals surface area contributed by atoms with E-state index in [1.54, 1.807) is 43.5 Å². The molecule has 122 valence electrons. The lowest BCUT2D eigenvalue weighted by atomic mass is 10.1. The van der Waals surface area contributed by atoms with Crippen molar-refractivity contribution in [3.8, 4) is 5.75 Å². The summed E-state index contributed by atoms with van der Waals surface area (Å²) in [6, 6.07) is 11.5. The van der Waals surface area contributed by atoms with Crippen LogP contribution in [0.25, 0.3) is 0 Å². The van der Waals surface area contributed by atoms with Crippen molar-refractivity contribution in [2.75, 3.05) is 20.3 Å². The highest BCUT2D eigenvalue weighted by Gasteiger charge is 2.13. The Morgan fingerprint density at radius 1 is 1.22 bits per heavy atom. The van der Waals surface area contributed by atoms with Gasteiger partial charge in [-0.3, -0.25) is 4.79 Å². The molecule has 2 aromatic rings. The Labute approximate surface area is 142 Å². The Morgan fingerprint density at radius 3 is 2.78 bits per heavy atom. The molecule has 0 heterocycles. The van der Waals surface area contributed by atoms with E-state index in [4.69, 9.17) is 9.47 Å². The van der Waals surface area contributed by atoms with E-state index >= 15 is 0 Å². The Bertz CT molecular complexity index is 679. The fourth-order valence-corrected chi connectivity index (χ4v) is 2.37. The molecule has 1 amide bonds. The van der Waals surface area contributed by atoms with Gasteiger partial charge in [0.15, 0.2) is 0 Å². The number of halogens is 2. The topological polar surface area (TPSA) is 47.6 Å². The van der Waals surface area contributed by atoms with Crippen molar-refractivity contribution in [3.63, 3.8) is 0 Å². The van der Waals surface area contributed by atoms with Crippen LogP contribution in [-0.4, -0.2) is 26.2 Å². The standard InChI is InChI=1S/C17H17BrFNO3/c1-22-8-9-23-16-5-3-2-4-14(16)17(21)20-11-12-10-13(18)6-7-15(12)19/h2-7,10H,8-9,11H2,1H3,(H,20,21). The minimum Gasteiger partial charge on any atom is -0.490 e. The third kappa shape index (κ3) is 5.04. The number of methoxy groups -OCH3 is 1. The SMILES string of the molecule is COCCOc1ccccc1C(=O)NCc1cc(Br)ccc1F. The van der Waals surface area contributed by atoms with Crippen molar-refractivity contribution in [2.45, 2.75) is 6.54 Å². The number of ether oxygens (including phenoxy) is 2. The number of benzene rings is 2. The molecule has 23 heavy (non-hydrogen) atoms. The number of hydrogen-bond donors (Lipinski definition) is 1. The van der Waals surface area contributed by atoms with Gasteiger partial charge in [0, 0.05) is 23.7 Å². The number of carbonyl (C=O) groups excluding carboxylic acids is 1. The lowest BCUT2D eigenvalue weighted by Crippen LogP contribution is -2.24. The molecule has 0 bridgehead atoms. The van der Waals surface area contributed by atoms with Gasteiger partial charge in [-0.1, -0.05) is 28.1 Å². The first-order valence-corrected chi connectivity index (χ1v) is 7.84. The summed E-state index contributed by atoms with van der Waals surface area (Å²) in [5.74, 6) is -0.215. The predicted molar refractivity (Wildman–Crippen MR) is 89.1 cm³/mol. The van der Waals surface area contributed by atoms with Crippen LogP contribution in [-0.2, 0) is 11.3 Å². The van der Waals surface area contributed by atoms with Crippen LogP contribution in [0.3, 0.4) is 0 Å². The molecule has 4 nitrogen and oxygen atoms in total. The first kappa shape index (κ1) is 17.4. The van der Waals surface area contributed by atoms with Gasteiger partial charge in [-0.05, 0) is 30.3 Å². The van der Waals surface area contributed by atoms with Crippen LogP contribution in [0.4, 0.5) is 4.39 Å².